The number of aliphatic hydroxyl groups excluding tert-OH is 1. The van der Waals surface area contributed by atoms with Crippen LogP contribution in [-0.2, 0) is 16.2 Å². The highest BCUT2D eigenvalue weighted by atomic mass is 35.5. The van der Waals surface area contributed by atoms with Gasteiger partial charge in [0.2, 0.25) is 0 Å². The molecule has 1 saturated carbocycles. The number of pyridine rings is 1. The van der Waals surface area contributed by atoms with E-state index in [0.717, 1.165) is 12.8 Å². The van der Waals surface area contributed by atoms with Crippen LogP contribution in [0.25, 0.3) is 0 Å². The predicted molar refractivity (Wildman–Crippen MR) is 140 cm³/mol. The van der Waals surface area contributed by atoms with Crippen LogP contribution in [0.3, 0.4) is 0 Å². The number of fused-ring (bicyclic) bond motifs is 1. The van der Waals surface area contributed by atoms with Crippen molar-refractivity contribution >= 4 is 35.0 Å². The van der Waals surface area contributed by atoms with E-state index in [-0.39, 0.29) is 12.5 Å². The maximum absolute atomic E-state index is 14.0. The van der Waals surface area contributed by atoms with Crippen LogP contribution >= 0.6 is 23.2 Å². The number of amides is 2. The Bertz CT molecular complexity index is 1290. The molecule has 192 valence electrons. The van der Waals surface area contributed by atoms with Crippen LogP contribution in [-0.4, -0.2) is 39.0 Å². The summed E-state index contributed by atoms with van der Waals surface area (Å²) in [6.45, 7) is 0.0807. The van der Waals surface area contributed by atoms with Gasteiger partial charge in [-0.1, -0.05) is 66.4 Å². The maximum Gasteiger partial charge on any atom is 0.255 e. The number of carbonyl (C=O) groups excluding carboxylic acids is 2. The second-order valence-corrected chi connectivity index (χ2v) is 10.2. The van der Waals surface area contributed by atoms with E-state index in [1.165, 1.54) is 0 Å². The molecule has 7 nitrogen and oxygen atoms in total. The minimum atomic E-state index is -0.842. The SMILES string of the molecule is O=C(NOCc1ccccn1)[C@H]1c2ccccc2C(=O)N([C@H]2CCCC[C@@H]2O)[C@@H]1c1ccc(Cl)cc1Cl. The van der Waals surface area contributed by atoms with E-state index >= 15 is 0 Å². The van der Waals surface area contributed by atoms with Crippen molar-refractivity contribution in [3.05, 3.63) is 99.3 Å². The zero-order valence-corrected chi connectivity index (χ0v) is 21.5. The first-order valence-corrected chi connectivity index (χ1v) is 13.1. The number of hydrogen-bond acceptors (Lipinski definition) is 5. The third-order valence-electron chi connectivity index (χ3n) is 7.11. The third kappa shape index (κ3) is 5.22. The first-order chi connectivity index (χ1) is 18.0. The average molecular weight is 540 g/mol. The van der Waals surface area contributed by atoms with E-state index in [1.807, 2.05) is 6.07 Å². The molecule has 9 heteroatoms. The molecular formula is C28H27Cl2N3O4. The summed E-state index contributed by atoms with van der Waals surface area (Å²) in [7, 11) is 0. The van der Waals surface area contributed by atoms with Crippen molar-refractivity contribution < 1.29 is 19.5 Å². The average Bonchev–Trinajstić information content (AvgIpc) is 2.90. The van der Waals surface area contributed by atoms with Crippen LogP contribution in [0.4, 0.5) is 0 Å². The fraction of sp³-hybridized carbons (Fsp3) is 0.321. The number of benzene rings is 2. The molecule has 0 spiro atoms. The normalized spacial score (nSPS) is 23.4. The van der Waals surface area contributed by atoms with Gasteiger partial charge < -0.3 is 10.0 Å². The second kappa shape index (κ2) is 11.2. The summed E-state index contributed by atoms with van der Waals surface area (Å²) in [4.78, 5) is 39.2. The van der Waals surface area contributed by atoms with Gasteiger partial charge in [-0.25, -0.2) is 5.48 Å². The van der Waals surface area contributed by atoms with E-state index in [0.29, 0.717) is 45.3 Å². The van der Waals surface area contributed by atoms with Gasteiger partial charge in [-0.2, -0.15) is 0 Å². The fourth-order valence-electron chi connectivity index (χ4n) is 5.42. The molecule has 0 radical (unpaired) electrons. The summed E-state index contributed by atoms with van der Waals surface area (Å²) in [5.41, 5.74) is 4.81. The third-order valence-corrected chi connectivity index (χ3v) is 7.67. The molecule has 1 aliphatic carbocycles. The van der Waals surface area contributed by atoms with Crippen LogP contribution in [0.2, 0.25) is 10.0 Å². The molecule has 2 amide bonds. The fourth-order valence-corrected chi connectivity index (χ4v) is 5.94. The highest BCUT2D eigenvalue weighted by Crippen LogP contribution is 2.47. The molecule has 1 aromatic heterocycles. The van der Waals surface area contributed by atoms with Gasteiger partial charge in [-0.15, -0.1) is 0 Å². The molecule has 2 heterocycles. The Hall–Kier alpha value is -2.97. The highest BCUT2D eigenvalue weighted by Gasteiger charge is 2.49. The maximum atomic E-state index is 14.0. The number of halogens is 2. The van der Waals surface area contributed by atoms with Crippen LogP contribution in [0, 0.1) is 0 Å². The molecule has 1 fully saturated rings. The molecule has 0 unspecified atom stereocenters. The molecular weight excluding hydrogens is 513 g/mol. The van der Waals surface area contributed by atoms with Crippen molar-refractivity contribution in [3.8, 4) is 0 Å². The molecule has 1 aliphatic heterocycles. The Kier molecular flexibility index (Phi) is 7.76. The number of hydrogen-bond donors (Lipinski definition) is 2. The lowest BCUT2D eigenvalue weighted by Crippen LogP contribution is -2.55. The molecule has 2 N–H and O–H groups in total. The molecule has 5 rings (SSSR count). The minimum absolute atomic E-state index is 0.0807. The highest BCUT2D eigenvalue weighted by molar-refractivity contribution is 6.35. The lowest BCUT2D eigenvalue weighted by Gasteiger charge is -2.48. The summed E-state index contributed by atoms with van der Waals surface area (Å²) < 4.78 is 0. The zero-order valence-electron chi connectivity index (χ0n) is 20.0. The molecule has 0 saturated heterocycles. The largest absolute Gasteiger partial charge is 0.391 e. The lowest BCUT2D eigenvalue weighted by molar-refractivity contribution is -0.138. The van der Waals surface area contributed by atoms with Gasteiger partial charge in [0.15, 0.2) is 0 Å². The number of carbonyl (C=O) groups is 2. The van der Waals surface area contributed by atoms with E-state index in [2.05, 4.69) is 10.5 Å². The topological polar surface area (TPSA) is 91.8 Å². The van der Waals surface area contributed by atoms with Crippen LogP contribution in [0.5, 0.6) is 0 Å². The van der Waals surface area contributed by atoms with Crippen LogP contribution in [0.1, 0.15) is 64.8 Å². The van der Waals surface area contributed by atoms with Gasteiger partial charge in [-0.3, -0.25) is 19.4 Å². The Morgan fingerprint density at radius 3 is 2.59 bits per heavy atom. The smallest absolute Gasteiger partial charge is 0.255 e. The van der Waals surface area contributed by atoms with Crippen molar-refractivity contribution in [2.24, 2.45) is 0 Å². The van der Waals surface area contributed by atoms with E-state index in [4.69, 9.17) is 28.0 Å². The van der Waals surface area contributed by atoms with Gasteiger partial charge >= 0.3 is 0 Å². The standard InChI is InChI=1S/C28H27Cl2N3O4/c29-17-12-13-21(22(30)15-17)26-25(27(35)32-37-16-18-7-5-6-14-31-18)19-8-1-2-9-20(19)28(36)33(26)23-10-3-4-11-24(23)34/h1-2,5-9,12-15,23-26,34H,3-4,10-11,16H2,(H,32,35)/t23-,24-,25-,26+/m0/s1. The van der Waals surface area contributed by atoms with Gasteiger partial charge in [0.05, 0.1) is 29.8 Å². The van der Waals surface area contributed by atoms with E-state index in [9.17, 15) is 14.7 Å². The van der Waals surface area contributed by atoms with Crippen molar-refractivity contribution in [1.29, 1.82) is 0 Å². The number of hydroxylamine groups is 1. The number of nitrogens with zero attached hydrogens (tertiary/aromatic N) is 2. The lowest BCUT2D eigenvalue weighted by atomic mass is 9.77. The van der Waals surface area contributed by atoms with Crippen molar-refractivity contribution in [2.45, 2.75) is 56.4 Å². The van der Waals surface area contributed by atoms with Gasteiger partial charge in [-0.05, 0) is 54.3 Å². The van der Waals surface area contributed by atoms with Crippen molar-refractivity contribution in [1.82, 2.24) is 15.4 Å². The zero-order chi connectivity index (χ0) is 25.9. The van der Waals surface area contributed by atoms with Crippen molar-refractivity contribution in [2.75, 3.05) is 0 Å². The second-order valence-electron chi connectivity index (χ2n) is 9.38. The quantitative estimate of drug-likeness (QED) is 0.419. The molecule has 3 aromatic rings. The molecule has 2 aliphatic rings. The summed E-state index contributed by atoms with van der Waals surface area (Å²) >= 11 is 12.9. The van der Waals surface area contributed by atoms with Crippen LogP contribution < -0.4 is 5.48 Å². The van der Waals surface area contributed by atoms with Gasteiger partial charge in [0.1, 0.15) is 6.61 Å². The summed E-state index contributed by atoms with van der Waals surface area (Å²) in [5.74, 6) is -1.51. The first kappa shape index (κ1) is 25.7. The first-order valence-electron chi connectivity index (χ1n) is 12.3. The Morgan fingerprint density at radius 1 is 1.05 bits per heavy atom. The molecule has 37 heavy (non-hydrogen) atoms. The number of rotatable bonds is 6. The van der Waals surface area contributed by atoms with E-state index in [1.54, 1.807) is 65.7 Å². The number of aliphatic hydroxyl groups is 1. The monoisotopic (exact) mass is 539 g/mol. The van der Waals surface area contributed by atoms with Crippen LogP contribution in [0.15, 0.2) is 66.9 Å². The number of aromatic nitrogens is 1. The van der Waals surface area contributed by atoms with E-state index < -0.39 is 30.0 Å². The summed E-state index contributed by atoms with van der Waals surface area (Å²) in [6.07, 6.45) is 3.91. The Labute approximate surface area is 225 Å². The number of nitrogens with one attached hydrogen (secondary N) is 1. The molecule has 2 aromatic carbocycles. The summed E-state index contributed by atoms with van der Waals surface area (Å²) in [5, 5.41) is 11.8. The molecule has 4 atom stereocenters. The van der Waals surface area contributed by atoms with Gasteiger partial charge in [0.25, 0.3) is 11.8 Å². The Balaban J connectivity index is 1.57. The van der Waals surface area contributed by atoms with Crippen molar-refractivity contribution in [3.63, 3.8) is 0 Å². The van der Waals surface area contributed by atoms with Gasteiger partial charge in [0, 0.05) is 21.8 Å². The Morgan fingerprint density at radius 2 is 1.84 bits per heavy atom. The predicted octanol–water partition coefficient (Wildman–Crippen LogP) is 5.22. The summed E-state index contributed by atoms with van der Waals surface area (Å²) in [6, 6.07) is 16.3. The minimum Gasteiger partial charge on any atom is -0.391 e. The molecule has 0 bridgehead atoms.